The summed E-state index contributed by atoms with van der Waals surface area (Å²) in [7, 11) is 0. The average molecular weight is 859 g/mol. The molecule has 1 fully saturated rings. The lowest BCUT2D eigenvalue weighted by atomic mass is 9.67. The number of para-hydroxylation sites is 3. The van der Waals surface area contributed by atoms with Crippen LogP contribution in [0.5, 0.6) is 0 Å². The molecule has 2 heteroatoms. The first-order valence-corrected chi connectivity index (χ1v) is 24.1. The zero-order valence-corrected chi connectivity index (χ0v) is 37.5. The molecule has 0 aliphatic heterocycles. The van der Waals surface area contributed by atoms with Gasteiger partial charge in [0, 0.05) is 33.4 Å². The highest BCUT2D eigenvalue weighted by Gasteiger charge is 2.46. The Morgan fingerprint density at radius 1 is 0.403 bits per heavy atom. The second-order valence-corrected chi connectivity index (χ2v) is 18.6. The summed E-state index contributed by atoms with van der Waals surface area (Å²) < 4.78 is 2.44. The van der Waals surface area contributed by atoms with Crippen molar-refractivity contribution in [3.05, 3.63) is 264 Å². The van der Waals surface area contributed by atoms with Crippen molar-refractivity contribution in [2.45, 2.75) is 43.4 Å². The first-order chi connectivity index (χ1) is 33.3. The van der Waals surface area contributed by atoms with Crippen LogP contribution >= 0.6 is 0 Å². The van der Waals surface area contributed by atoms with Gasteiger partial charge in [-0.25, -0.2) is 0 Å². The number of hydrogen-bond acceptors (Lipinski definition) is 1. The Bertz CT molecular complexity index is 3580. The lowest BCUT2D eigenvalue weighted by Gasteiger charge is -2.35. The standard InChI is InChI=1S/C65H50N2/c1-4-21-45(22-5-1)52-35-18-23-46-24-19-36-58(64(46)52)56-34-13-16-39-61(56)66(51-41-42-57-55-33-12-17-40-62(55)67(63(57)44-51)49-28-8-3-9-29-49)50-30-20-27-48(43-50)65(47-25-6-2-7-26-47)59-37-14-10-31-53(59)54-32-11-15-38-60(54)65/h2-3,6-20,23-45H,1,4-5,21-22H2. The fraction of sp³-hybridized carbons (Fsp3) is 0.108. The molecule has 0 bridgehead atoms. The molecule has 1 heterocycles. The second-order valence-electron chi connectivity index (χ2n) is 18.6. The average Bonchev–Trinajstić information content (AvgIpc) is 3.90. The van der Waals surface area contributed by atoms with Gasteiger partial charge in [-0.3, -0.25) is 0 Å². The molecule has 0 unspecified atom stereocenters. The van der Waals surface area contributed by atoms with Crippen LogP contribution in [0, 0.1) is 0 Å². The van der Waals surface area contributed by atoms with Gasteiger partial charge in [-0.05, 0) is 123 Å². The van der Waals surface area contributed by atoms with Gasteiger partial charge in [-0.1, -0.05) is 207 Å². The summed E-state index contributed by atoms with van der Waals surface area (Å²) in [5, 5.41) is 5.18. The Balaban J connectivity index is 1.10. The topological polar surface area (TPSA) is 8.17 Å². The molecule has 0 amide bonds. The fourth-order valence-corrected chi connectivity index (χ4v) is 12.2. The van der Waals surface area contributed by atoms with E-state index >= 15 is 0 Å². The second kappa shape index (κ2) is 16.2. The van der Waals surface area contributed by atoms with E-state index in [4.69, 9.17) is 0 Å². The van der Waals surface area contributed by atoms with Crippen LogP contribution in [0.25, 0.3) is 60.5 Å². The number of hydrogen-bond donors (Lipinski definition) is 0. The third-order valence-corrected chi connectivity index (χ3v) is 15.0. The largest absolute Gasteiger partial charge is 0.310 e. The van der Waals surface area contributed by atoms with Crippen molar-refractivity contribution in [3.8, 4) is 27.9 Å². The van der Waals surface area contributed by atoms with E-state index in [-0.39, 0.29) is 0 Å². The van der Waals surface area contributed by atoms with E-state index < -0.39 is 5.41 Å². The zero-order valence-electron chi connectivity index (χ0n) is 37.5. The summed E-state index contributed by atoms with van der Waals surface area (Å²) in [6, 6.07) is 88.6. The van der Waals surface area contributed by atoms with Gasteiger partial charge in [0.25, 0.3) is 0 Å². The van der Waals surface area contributed by atoms with Gasteiger partial charge in [0.1, 0.15) is 0 Å². The fourth-order valence-electron chi connectivity index (χ4n) is 12.2. The molecule has 11 aromatic rings. The molecular weight excluding hydrogens is 809 g/mol. The smallest absolute Gasteiger partial charge is 0.0714 e. The minimum absolute atomic E-state index is 0.538. The molecule has 320 valence electrons. The number of rotatable bonds is 8. The van der Waals surface area contributed by atoms with Crippen molar-refractivity contribution in [3.63, 3.8) is 0 Å². The summed E-state index contributed by atoms with van der Waals surface area (Å²) >= 11 is 0. The van der Waals surface area contributed by atoms with Gasteiger partial charge in [0.05, 0.1) is 22.1 Å². The first kappa shape index (κ1) is 39.4. The van der Waals surface area contributed by atoms with Crippen molar-refractivity contribution in [1.82, 2.24) is 4.57 Å². The van der Waals surface area contributed by atoms with Crippen molar-refractivity contribution in [2.75, 3.05) is 4.90 Å². The third-order valence-electron chi connectivity index (χ3n) is 15.0. The summed E-state index contributed by atoms with van der Waals surface area (Å²) in [5.74, 6) is 0.562. The van der Waals surface area contributed by atoms with E-state index in [0.29, 0.717) is 5.92 Å². The molecule has 0 radical (unpaired) electrons. The molecular formula is C65H50N2. The van der Waals surface area contributed by atoms with Crippen molar-refractivity contribution in [1.29, 1.82) is 0 Å². The predicted octanol–water partition coefficient (Wildman–Crippen LogP) is 17.5. The number of benzene rings is 10. The van der Waals surface area contributed by atoms with E-state index in [1.165, 1.54) is 115 Å². The van der Waals surface area contributed by atoms with Crippen LogP contribution in [0.4, 0.5) is 17.1 Å². The summed E-state index contributed by atoms with van der Waals surface area (Å²) in [6.45, 7) is 0. The van der Waals surface area contributed by atoms with Crippen molar-refractivity contribution in [2.24, 2.45) is 0 Å². The molecule has 1 saturated carbocycles. The van der Waals surface area contributed by atoms with Gasteiger partial charge < -0.3 is 9.47 Å². The van der Waals surface area contributed by atoms with E-state index in [9.17, 15) is 0 Å². The van der Waals surface area contributed by atoms with Crippen LogP contribution in [-0.4, -0.2) is 4.57 Å². The minimum atomic E-state index is -0.538. The molecule has 1 aromatic heterocycles. The maximum absolute atomic E-state index is 2.54. The van der Waals surface area contributed by atoms with Gasteiger partial charge in [-0.2, -0.15) is 0 Å². The highest BCUT2D eigenvalue weighted by molar-refractivity contribution is 6.11. The Kier molecular flexibility index (Phi) is 9.53. The number of aromatic nitrogens is 1. The first-order valence-electron chi connectivity index (χ1n) is 24.1. The molecule has 2 aliphatic carbocycles. The molecule has 0 atom stereocenters. The molecule has 0 saturated heterocycles. The maximum Gasteiger partial charge on any atom is 0.0714 e. The Hall–Kier alpha value is -7.94. The normalized spacial score (nSPS) is 14.3. The van der Waals surface area contributed by atoms with Gasteiger partial charge in [0.15, 0.2) is 0 Å². The Morgan fingerprint density at radius 3 is 1.76 bits per heavy atom. The highest BCUT2D eigenvalue weighted by atomic mass is 15.1. The molecule has 67 heavy (non-hydrogen) atoms. The van der Waals surface area contributed by atoms with Crippen LogP contribution in [0.1, 0.15) is 65.8 Å². The van der Waals surface area contributed by atoms with E-state index in [0.717, 1.165) is 22.7 Å². The van der Waals surface area contributed by atoms with Crippen LogP contribution in [0.3, 0.4) is 0 Å². The van der Waals surface area contributed by atoms with E-state index in [1.54, 1.807) is 0 Å². The lowest BCUT2D eigenvalue weighted by molar-refractivity contribution is 0.445. The van der Waals surface area contributed by atoms with Crippen LogP contribution in [0.15, 0.2) is 237 Å². The Morgan fingerprint density at radius 2 is 0.985 bits per heavy atom. The molecule has 2 nitrogen and oxygen atoms in total. The summed E-state index contributed by atoms with van der Waals surface area (Å²) in [6.07, 6.45) is 6.43. The maximum atomic E-state index is 2.54. The SMILES string of the molecule is c1ccc(-n2c3ccccc3c3ccc(N(c4cccc(C5(c6ccccc6)c6ccccc6-c6ccccc65)c4)c4ccccc4-c4cccc5cccc(C6CCCCC6)c45)cc32)cc1. The van der Waals surface area contributed by atoms with E-state index in [2.05, 4.69) is 246 Å². The van der Waals surface area contributed by atoms with E-state index in [1.807, 2.05) is 0 Å². The molecule has 13 rings (SSSR count). The van der Waals surface area contributed by atoms with Crippen molar-refractivity contribution >= 4 is 49.6 Å². The molecule has 10 aromatic carbocycles. The van der Waals surface area contributed by atoms with Crippen LogP contribution in [-0.2, 0) is 5.41 Å². The van der Waals surface area contributed by atoms with Gasteiger partial charge in [0.2, 0.25) is 0 Å². The number of fused-ring (bicyclic) bond motifs is 7. The van der Waals surface area contributed by atoms with Gasteiger partial charge in [-0.15, -0.1) is 0 Å². The Labute approximate surface area is 393 Å². The number of nitrogens with zero attached hydrogens (tertiary/aromatic N) is 2. The van der Waals surface area contributed by atoms with Crippen LogP contribution in [0.2, 0.25) is 0 Å². The quantitative estimate of drug-likeness (QED) is 0.148. The van der Waals surface area contributed by atoms with Gasteiger partial charge >= 0.3 is 0 Å². The monoisotopic (exact) mass is 858 g/mol. The minimum Gasteiger partial charge on any atom is -0.310 e. The molecule has 2 aliphatic rings. The zero-order chi connectivity index (χ0) is 44.3. The highest BCUT2D eigenvalue weighted by Crippen LogP contribution is 2.57. The number of anilines is 3. The summed E-state index contributed by atoms with van der Waals surface area (Å²) in [5.41, 5.74) is 18.0. The molecule has 0 spiro atoms. The lowest BCUT2D eigenvalue weighted by Crippen LogP contribution is -2.28. The van der Waals surface area contributed by atoms with Crippen LogP contribution < -0.4 is 4.90 Å². The van der Waals surface area contributed by atoms with Crippen molar-refractivity contribution < 1.29 is 0 Å². The predicted molar refractivity (Wildman–Crippen MR) is 282 cm³/mol. The summed E-state index contributed by atoms with van der Waals surface area (Å²) in [4.78, 5) is 2.54. The molecule has 0 N–H and O–H groups in total. The third kappa shape index (κ3) is 6.24.